The highest BCUT2D eigenvalue weighted by Crippen LogP contribution is 2.48. The second-order valence-electron chi connectivity index (χ2n) is 5.99. The van der Waals surface area contributed by atoms with Crippen LogP contribution in [0.1, 0.15) is 36.5 Å². The third kappa shape index (κ3) is 6.96. The van der Waals surface area contributed by atoms with Crippen LogP contribution in [0, 0.1) is 0 Å². The van der Waals surface area contributed by atoms with E-state index in [0.717, 1.165) is 5.56 Å². The molecule has 146 valence electrons. The molecular weight excluding hydrogens is 394 g/mol. The highest BCUT2D eigenvalue weighted by atomic mass is 31.2. The van der Waals surface area contributed by atoms with Crippen LogP contribution in [0.2, 0.25) is 0 Å². The molecule has 0 saturated heterocycles. The molecule has 2 aromatic carbocycles. The first-order chi connectivity index (χ1) is 12.4. The minimum Gasteiger partial charge on any atom is -0.404 e. The van der Waals surface area contributed by atoms with Crippen molar-refractivity contribution in [3.8, 4) is 11.5 Å². The molecule has 2 rings (SSSR count). The minimum atomic E-state index is -4.90. The molecule has 0 aliphatic rings. The molecule has 0 unspecified atom stereocenters. The van der Waals surface area contributed by atoms with Crippen LogP contribution in [0.25, 0.3) is 12.2 Å². The lowest BCUT2D eigenvalue weighted by Gasteiger charge is -2.20. The molecule has 4 N–H and O–H groups in total. The first-order valence-corrected chi connectivity index (χ1v) is 10.9. The quantitative estimate of drug-likeness (QED) is 0.396. The Bertz CT molecular complexity index is 867. The number of phosphoric ester groups is 2. The summed E-state index contributed by atoms with van der Waals surface area (Å²) in [5, 5.41) is 0. The summed E-state index contributed by atoms with van der Waals surface area (Å²) in [7, 11) is -9.79. The normalized spacial score (nSPS) is 12.6. The van der Waals surface area contributed by atoms with E-state index in [0.29, 0.717) is 5.56 Å². The van der Waals surface area contributed by atoms with Crippen molar-refractivity contribution in [2.45, 2.75) is 19.8 Å². The fraction of sp³-hybridized carbons (Fsp3) is 0.176. The van der Waals surface area contributed by atoms with Gasteiger partial charge in [-0.05, 0) is 29.2 Å². The molecule has 2 aromatic rings. The van der Waals surface area contributed by atoms with Crippen LogP contribution >= 0.6 is 15.6 Å². The number of benzene rings is 2. The summed E-state index contributed by atoms with van der Waals surface area (Å²) in [5.74, 6) is -0.811. The van der Waals surface area contributed by atoms with Crippen LogP contribution in [-0.2, 0) is 9.13 Å². The molecule has 0 fully saturated rings. The molecule has 0 aliphatic heterocycles. The Morgan fingerprint density at radius 1 is 0.815 bits per heavy atom. The zero-order chi connectivity index (χ0) is 20.2. The van der Waals surface area contributed by atoms with Gasteiger partial charge in [0, 0.05) is 5.56 Å². The predicted molar refractivity (Wildman–Crippen MR) is 101 cm³/mol. The maximum Gasteiger partial charge on any atom is 0.524 e. The minimum absolute atomic E-state index is 0.138. The Kier molecular flexibility index (Phi) is 6.65. The molecular formula is C17H20O8P2. The van der Waals surface area contributed by atoms with Gasteiger partial charge >= 0.3 is 15.6 Å². The topological polar surface area (TPSA) is 134 Å². The number of hydrogen-bond acceptors (Lipinski definition) is 4. The van der Waals surface area contributed by atoms with Crippen LogP contribution in [0.15, 0.2) is 42.5 Å². The Labute approximate surface area is 156 Å². The van der Waals surface area contributed by atoms with Crippen LogP contribution < -0.4 is 9.05 Å². The fourth-order valence-electron chi connectivity index (χ4n) is 2.45. The van der Waals surface area contributed by atoms with E-state index in [-0.39, 0.29) is 23.0 Å². The van der Waals surface area contributed by atoms with Gasteiger partial charge in [-0.2, -0.15) is 0 Å². The highest BCUT2D eigenvalue weighted by Gasteiger charge is 2.26. The summed E-state index contributed by atoms with van der Waals surface area (Å²) in [5.41, 5.74) is 1.38. The van der Waals surface area contributed by atoms with Gasteiger partial charge in [-0.15, -0.1) is 0 Å². The first kappa shape index (κ1) is 21.4. The second kappa shape index (κ2) is 8.40. The van der Waals surface area contributed by atoms with E-state index in [1.807, 2.05) is 30.3 Å². The summed E-state index contributed by atoms with van der Waals surface area (Å²) >= 11 is 0. The van der Waals surface area contributed by atoms with E-state index in [9.17, 15) is 28.7 Å². The Balaban J connectivity index is 2.58. The van der Waals surface area contributed by atoms with Gasteiger partial charge in [-0.25, -0.2) is 9.13 Å². The Morgan fingerprint density at radius 2 is 1.26 bits per heavy atom. The fourth-order valence-corrected chi connectivity index (χ4v) is 3.27. The molecule has 0 aliphatic carbocycles. The SMILES string of the molecule is CC(C)c1c(OP(=O)(O)O)cc(/C=C/c2ccccc2)cc1OP(=O)(O)O. The van der Waals surface area contributed by atoms with Gasteiger partial charge in [0.05, 0.1) is 0 Å². The molecule has 0 heterocycles. The summed E-state index contributed by atoms with van der Waals surface area (Å²) in [6, 6.07) is 12.0. The number of phosphoric acid groups is 2. The van der Waals surface area contributed by atoms with Crippen molar-refractivity contribution in [2.24, 2.45) is 0 Å². The maximum atomic E-state index is 11.3. The maximum absolute atomic E-state index is 11.3. The van der Waals surface area contributed by atoms with Crippen molar-refractivity contribution in [3.63, 3.8) is 0 Å². The molecule has 0 saturated carbocycles. The lowest BCUT2D eigenvalue weighted by Crippen LogP contribution is -2.02. The average Bonchev–Trinajstić information content (AvgIpc) is 2.50. The average molecular weight is 414 g/mol. The molecule has 8 nitrogen and oxygen atoms in total. The van der Waals surface area contributed by atoms with Crippen LogP contribution in [0.4, 0.5) is 0 Å². The molecule has 0 amide bonds. The van der Waals surface area contributed by atoms with E-state index < -0.39 is 15.6 Å². The van der Waals surface area contributed by atoms with E-state index in [4.69, 9.17) is 9.05 Å². The van der Waals surface area contributed by atoms with Crippen molar-refractivity contribution in [1.29, 1.82) is 0 Å². The molecule has 0 radical (unpaired) electrons. The van der Waals surface area contributed by atoms with E-state index >= 15 is 0 Å². The van der Waals surface area contributed by atoms with Crippen molar-refractivity contribution in [3.05, 3.63) is 59.2 Å². The summed E-state index contributed by atoms with van der Waals surface area (Å²) in [4.78, 5) is 36.7. The number of rotatable bonds is 7. The van der Waals surface area contributed by atoms with Gasteiger partial charge in [0.2, 0.25) is 0 Å². The van der Waals surface area contributed by atoms with Crippen molar-refractivity contribution >= 4 is 27.8 Å². The monoisotopic (exact) mass is 414 g/mol. The highest BCUT2D eigenvalue weighted by molar-refractivity contribution is 7.47. The Hall–Kier alpha value is -1.92. The van der Waals surface area contributed by atoms with Gasteiger partial charge in [0.1, 0.15) is 11.5 Å². The zero-order valence-electron chi connectivity index (χ0n) is 14.6. The van der Waals surface area contributed by atoms with Crippen molar-refractivity contribution in [1.82, 2.24) is 0 Å². The summed E-state index contributed by atoms with van der Waals surface area (Å²) in [6.07, 6.45) is 3.34. The van der Waals surface area contributed by atoms with Crippen LogP contribution in [0.3, 0.4) is 0 Å². The molecule has 0 spiro atoms. The molecule has 10 heteroatoms. The van der Waals surface area contributed by atoms with Gasteiger partial charge in [-0.1, -0.05) is 56.3 Å². The standard InChI is InChI=1S/C17H20O8P2/c1-12(2)17-15(24-26(18,19)20)10-14(11-16(17)25-27(21,22)23)9-8-13-6-4-3-5-7-13/h3-12H,1-2H3,(H2,18,19,20)(H2,21,22,23)/b9-8+. The largest absolute Gasteiger partial charge is 0.524 e. The predicted octanol–water partition coefficient (Wildman–Crippen LogP) is 3.92. The Morgan fingerprint density at radius 3 is 1.67 bits per heavy atom. The van der Waals surface area contributed by atoms with Crippen molar-refractivity contribution < 1.29 is 37.8 Å². The van der Waals surface area contributed by atoms with E-state index in [2.05, 4.69) is 0 Å². The lowest BCUT2D eigenvalue weighted by molar-refractivity contribution is 0.278. The summed E-state index contributed by atoms with van der Waals surface area (Å²) < 4.78 is 32.1. The lowest BCUT2D eigenvalue weighted by atomic mass is 9.98. The van der Waals surface area contributed by atoms with Gasteiger partial charge in [0.25, 0.3) is 0 Å². The molecule has 0 atom stereocenters. The first-order valence-electron chi connectivity index (χ1n) is 7.86. The smallest absolute Gasteiger partial charge is 0.404 e. The van der Waals surface area contributed by atoms with E-state index in [1.54, 1.807) is 26.0 Å². The summed E-state index contributed by atoms with van der Waals surface area (Å²) in [6.45, 7) is 3.35. The van der Waals surface area contributed by atoms with Crippen molar-refractivity contribution in [2.75, 3.05) is 0 Å². The van der Waals surface area contributed by atoms with Crippen LogP contribution in [-0.4, -0.2) is 19.6 Å². The molecule has 27 heavy (non-hydrogen) atoms. The van der Waals surface area contributed by atoms with Gasteiger partial charge in [0.15, 0.2) is 0 Å². The molecule has 0 aromatic heterocycles. The van der Waals surface area contributed by atoms with Crippen LogP contribution in [0.5, 0.6) is 11.5 Å². The number of hydrogen-bond donors (Lipinski definition) is 4. The van der Waals surface area contributed by atoms with Gasteiger partial charge in [-0.3, -0.25) is 19.6 Å². The molecule has 0 bridgehead atoms. The second-order valence-corrected chi connectivity index (χ2v) is 8.32. The van der Waals surface area contributed by atoms with E-state index in [1.165, 1.54) is 12.1 Å². The third-order valence-electron chi connectivity index (χ3n) is 3.41. The zero-order valence-corrected chi connectivity index (χ0v) is 16.4. The van der Waals surface area contributed by atoms with Gasteiger partial charge < -0.3 is 9.05 Å². The third-order valence-corrected chi connectivity index (χ3v) is 4.28.